The number of rotatable bonds is 12. The van der Waals surface area contributed by atoms with Crippen molar-refractivity contribution in [3.63, 3.8) is 0 Å². The predicted molar refractivity (Wildman–Crippen MR) is 118 cm³/mol. The molecule has 0 unspecified atom stereocenters. The number of ether oxygens (including phenoxy) is 3. The van der Waals surface area contributed by atoms with Crippen molar-refractivity contribution in [2.24, 2.45) is 5.92 Å². The number of benzene rings is 1. The van der Waals surface area contributed by atoms with E-state index in [1.165, 1.54) is 7.11 Å². The first-order chi connectivity index (χ1) is 15.1. The molecule has 0 spiro atoms. The Kier molecular flexibility index (Phi) is 11.8. The maximum atomic E-state index is 12.2. The number of carbonyl (C=O) groups excluding carboxylic acids is 4. The lowest BCUT2D eigenvalue weighted by molar-refractivity contribution is -0.147. The monoisotopic (exact) mass is 450 g/mol. The van der Waals surface area contributed by atoms with Crippen molar-refractivity contribution in [3.8, 4) is 0 Å². The minimum Gasteiger partial charge on any atom is -0.469 e. The number of ketones is 1. The summed E-state index contributed by atoms with van der Waals surface area (Å²) >= 11 is 0. The van der Waals surface area contributed by atoms with Gasteiger partial charge in [-0.25, -0.2) is 9.59 Å². The van der Waals surface area contributed by atoms with E-state index in [-0.39, 0.29) is 25.4 Å². The predicted octanol–water partition coefficient (Wildman–Crippen LogP) is 3.36. The second-order valence-electron chi connectivity index (χ2n) is 8.30. The van der Waals surface area contributed by atoms with Crippen LogP contribution in [0, 0.1) is 5.92 Å². The Bertz CT molecular complexity index is 744. The molecule has 1 rings (SSSR count). The average Bonchev–Trinajstić information content (AvgIpc) is 2.74. The zero-order chi connectivity index (χ0) is 24.0. The van der Waals surface area contributed by atoms with E-state index in [0.717, 1.165) is 5.56 Å². The van der Waals surface area contributed by atoms with E-state index in [0.29, 0.717) is 25.8 Å². The molecule has 1 atom stereocenters. The maximum Gasteiger partial charge on any atom is 0.408 e. The molecular weight excluding hydrogens is 416 g/mol. The summed E-state index contributed by atoms with van der Waals surface area (Å²) in [6, 6.07) is 9.35. The molecule has 0 aliphatic heterocycles. The van der Waals surface area contributed by atoms with Gasteiger partial charge in [-0.2, -0.15) is 0 Å². The van der Waals surface area contributed by atoms with E-state index >= 15 is 0 Å². The zero-order valence-corrected chi connectivity index (χ0v) is 19.3. The molecule has 0 saturated heterocycles. The van der Waals surface area contributed by atoms with Crippen LogP contribution in [-0.4, -0.2) is 49.7 Å². The van der Waals surface area contributed by atoms with Crippen molar-refractivity contribution in [2.75, 3.05) is 20.2 Å². The lowest BCUT2D eigenvalue weighted by atomic mass is 9.96. The zero-order valence-electron chi connectivity index (χ0n) is 19.3. The minimum atomic E-state index is -0.689. The number of amides is 2. The smallest absolute Gasteiger partial charge is 0.408 e. The molecule has 0 aliphatic rings. The molecule has 0 bridgehead atoms. The molecular formula is C23H34N2O7. The fourth-order valence-electron chi connectivity index (χ4n) is 2.78. The number of hydrogen-bond acceptors (Lipinski definition) is 7. The highest BCUT2D eigenvalue weighted by molar-refractivity contribution is 5.87. The van der Waals surface area contributed by atoms with Gasteiger partial charge in [0.1, 0.15) is 12.2 Å². The molecule has 9 nitrogen and oxygen atoms in total. The van der Waals surface area contributed by atoms with Gasteiger partial charge >= 0.3 is 18.2 Å². The molecule has 0 saturated carbocycles. The summed E-state index contributed by atoms with van der Waals surface area (Å²) < 4.78 is 15.0. The van der Waals surface area contributed by atoms with Crippen LogP contribution in [0.1, 0.15) is 52.0 Å². The fraction of sp³-hybridized carbons (Fsp3) is 0.565. The lowest BCUT2D eigenvalue weighted by Crippen LogP contribution is -2.36. The van der Waals surface area contributed by atoms with Crippen molar-refractivity contribution in [3.05, 3.63) is 35.9 Å². The summed E-state index contributed by atoms with van der Waals surface area (Å²) in [5.41, 5.74) is 0.235. The number of alkyl carbamates (subject to hydrolysis) is 2. The first kappa shape index (κ1) is 26.9. The van der Waals surface area contributed by atoms with Crippen LogP contribution in [0.5, 0.6) is 0 Å². The first-order valence-electron chi connectivity index (χ1n) is 10.6. The number of unbranched alkanes of at least 4 members (excludes halogenated alkanes) is 1. The van der Waals surface area contributed by atoms with Crippen molar-refractivity contribution in [1.29, 1.82) is 0 Å². The highest BCUT2D eigenvalue weighted by atomic mass is 16.6. The average molecular weight is 451 g/mol. The van der Waals surface area contributed by atoms with Crippen LogP contribution in [0.2, 0.25) is 0 Å². The molecule has 0 radical (unpaired) electrons. The van der Waals surface area contributed by atoms with E-state index in [1.807, 2.05) is 30.3 Å². The van der Waals surface area contributed by atoms with E-state index in [2.05, 4.69) is 10.6 Å². The Balaban J connectivity index is 2.28. The van der Waals surface area contributed by atoms with Gasteiger partial charge in [0.25, 0.3) is 0 Å². The van der Waals surface area contributed by atoms with E-state index in [9.17, 15) is 19.2 Å². The maximum absolute atomic E-state index is 12.2. The van der Waals surface area contributed by atoms with Gasteiger partial charge in [-0.3, -0.25) is 9.59 Å². The number of esters is 1. The molecule has 32 heavy (non-hydrogen) atoms. The molecule has 1 aromatic rings. The Labute approximate surface area is 189 Å². The molecule has 0 heterocycles. The summed E-state index contributed by atoms with van der Waals surface area (Å²) in [4.78, 5) is 47.5. The summed E-state index contributed by atoms with van der Waals surface area (Å²) in [7, 11) is 1.27. The van der Waals surface area contributed by atoms with Crippen LogP contribution in [0.15, 0.2) is 30.3 Å². The summed E-state index contributed by atoms with van der Waals surface area (Å²) in [5, 5.41) is 5.05. The van der Waals surface area contributed by atoms with Crippen LogP contribution in [-0.2, 0) is 30.4 Å². The lowest BCUT2D eigenvalue weighted by Gasteiger charge is -2.19. The topological polar surface area (TPSA) is 120 Å². The number of carbonyl (C=O) groups is 4. The Morgan fingerprint density at radius 3 is 2.28 bits per heavy atom. The summed E-state index contributed by atoms with van der Waals surface area (Å²) in [6.07, 6.45) is 0.386. The van der Waals surface area contributed by atoms with Crippen LogP contribution in [0.4, 0.5) is 9.59 Å². The van der Waals surface area contributed by atoms with Gasteiger partial charge in [0.15, 0.2) is 5.78 Å². The van der Waals surface area contributed by atoms with Gasteiger partial charge in [-0.05, 0) is 39.2 Å². The van der Waals surface area contributed by atoms with Crippen LogP contribution >= 0.6 is 0 Å². The normalized spacial score (nSPS) is 11.8. The number of nitrogens with one attached hydrogen (secondary N) is 2. The third kappa shape index (κ3) is 12.6. The fourth-order valence-corrected chi connectivity index (χ4v) is 2.78. The van der Waals surface area contributed by atoms with Crippen molar-refractivity contribution in [1.82, 2.24) is 10.6 Å². The molecule has 1 aromatic carbocycles. The molecule has 2 amide bonds. The third-order valence-corrected chi connectivity index (χ3v) is 4.30. The molecule has 2 N–H and O–H groups in total. The number of hydrogen-bond donors (Lipinski definition) is 2. The van der Waals surface area contributed by atoms with Gasteiger partial charge in [-0.15, -0.1) is 0 Å². The minimum absolute atomic E-state index is 0.0466. The summed E-state index contributed by atoms with van der Waals surface area (Å²) in [6.45, 7) is 5.52. The van der Waals surface area contributed by atoms with Gasteiger partial charge in [0.05, 0.1) is 19.6 Å². The highest BCUT2D eigenvalue weighted by Gasteiger charge is 2.23. The van der Waals surface area contributed by atoms with Crippen LogP contribution in [0.3, 0.4) is 0 Å². The quantitative estimate of drug-likeness (QED) is 0.285. The van der Waals surface area contributed by atoms with Gasteiger partial charge in [0.2, 0.25) is 0 Å². The molecule has 9 heteroatoms. The van der Waals surface area contributed by atoms with Crippen LogP contribution < -0.4 is 10.6 Å². The first-order valence-corrected chi connectivity index (χ1v) is 10.6. The number of Topliss-reactive ketones (excluding diaryl/α,β-unsaturated/α-hetero) is 1. The van der Waals surface area contributed by atoms with E-state index in [1.54, 1.807) is 20.8 Å². The Morgan fingerprint density at radius 1 is 0.969 bits per heavy atom. The molecule has 0 fully saturated rings. The van der Waals surface area contributed by atoms with Crippen molar-refractivity contribution in [2.45, 2.75) is 58.7 Å². The Morgan fingerprint density at radius 2 is 1.66 bits per heavy atom. The Hall–Kier alpha value is -3.10. The molecule has 0 aromatic heterocycles. The second-order valence-corrected chi connectivity index (χ2v) is 8.30. The van der Waals surface area contributed by atoms with Crippen molar-refractivity contribution >= 4 is 23.9 Å². The standard InChI is InChI=1S/C23H34N2O7/c1-23(2,3)32-22(29)25-15-19(26)14-18(20(27)30-4)12-8-9-13-24-21(28)31-16-17-10-6-5-7-11-17/h5-7,10-11,18H,8-9,12-16H2,1-4H3,(H,24,28)(H,25,29)/t18-/m1/s1. The van der Waals surface area contributed by atoms with E-state index in [4.69, 9.17) is 14.2 Å². The van der Waals surface area contributed by atoms with Crippen molar-refractivity contribution < 1.29 is 33.4 Å². The van der Waals surface area contributed by atoms with Gasteiger partial charge < -0.3 is 24.8 Å². The molecule has 0 aliphatic carbocycles. The highest BCUT2D eigenvalue weighted by Crippen LogP contribution is 2.15. The number of methoxy groups -OCH3 is 1. The van der Waals surface area contributed by atoms with E-state index < -0.39 is 29.7 Å². The summed E-state index contributed by atoms with van der Waals surface area (Å²) in [5.74, 6) is -1.39. The SMILES string of the molecule is COC(=O)[C@H](CCCCNC(=O)OCc1ccccc1)CC(=O)CNC(=O)OC(C)(C)C. The van der Waals surface area contributed by atoms with Gasteiger partial charge in [-0.1, -0.05) is 36.8 Å². The largest absolute Gasteiger partial charge is 0.469 e. The second kappa shape index (κ2) is 14.1. The molecule has 178 valence electrons. The van der Waals surface area contributed by atoms with Crippen LogP contribution in [0.25, 0.3) is 0 Å². The van der Waals surface area contributed by atoms with Gasteiger partial charge in [0, 0.05) is 13.0 Å². The third-order valence-electron chi connectivity index (χ3n) is 4.30.